The van der Waals surface area contributed by atoms with Crippen molar-refractivity contribution in [2.45, 2.75) is 4.90 Å². The molecule has 0 radical (unpaired) electrons. The maximum atomic E-state index is 14.1. The lowest BCUT2D eigenvalue weighted by molar-refractivity contribution is 0.475. The molecule has 5 nitrogen and oxygen atoms in total. The monoisotopic (exact) mass is 374 g/mol. The van der Waals surface area contributed by atoms with Crippen LogP contribution in [0, 0.1) is 5.82 Å². The highest BCUT2D eigenvalue weighted by atomic mass is 79.9. The smallest absolute Gasteiger partial charge is 0.267 e. The van der Waals surface area contributed by atoms with Gasteiger partial charge in [-0.3, -0.25) is 4.31 Å². The van der Waals surface area contributed by atoms with Crippen LogP contribution in [0.5, 0.6) is 5.75 Å². The Morgan fingerprint density at radius 1 is 1.29 bits per heavy atom. The molecule has 0 bridgehead atoms. The molecule has 0 heterocycles. The Morgan fingerprint density at radius 3 is 2.57 bits per heavy atom. The molecular formula is C13H12BrFN2O3S. The minimum Gasteiger partial charge on any atom is -0.508 e. The van der Waals surface area contributed by atoms with E-state index in [9.17, 15) is 17.9 Å². The van der Waals surface area contributed by atoms with E-state index < -0.39 is 20.7 Å². The first-order valence-corrected chi connectivity index (χ1v) is 7.99. The third-order valence-corrected chi connectivity index (χ3v) is 5.21. The van der Waals surface area contributed by atoms with E-state index in [2.05, 4.69) is 15.9 Å². The maximum absolute atomic E-state index is 14.1. The summed E-state index contributed by atoms with van der Waals surface area (Å²) in [6, 6.07) is 7.97. The molecule has 21 heavy (non-hydrogen) atoms. The summed E-state index contributed by atoms with van der Waals surface area (Å²) >= 11 is 2.93. The number of rotatable bonds is 3. The average Bonchev–Trinajstić information content (AvgIpc) is 2.41. The zero-order valence-corrected chi connectivity index (χ0v) is 13.3. The quantitative estimate of drug-likeness (QED) is 0.808. The lowest BCUT2D eigenvalue weighted by Gasteiger charge is -2.20. The molecule has 0 atom stereocenters. The van der Waals surface area contributed by atoms with Crippen LogP contribution >= 0.6 is 15.9 Å². The number of benzene rings is 2. The van der Waals surface area contributed by atoms with Gasteiger partial charge in [-0.05, 0) is 40.2 Å². The lowest BCUT2D eigenvalue weighted by atomic mass is 10.3. The van der Waals surface area contributed by atoms with Crippen molar-refractivity contribution < 1.29 is 17.9 Å². The van der Waals surface area contributed by atoms with Crippen LogP contribution in [0.2, 0.25) is 0 Å². The molecule has 0 saturated carbocycles. The number of phenols is 1. The Hall–Kier alpha value is -1.80. The highest BCUT2D eigenvalue weighted by Gasteiger charge is 2.27. The van der Waals surface area contributed by atoms with Crippen molar-refractivity contribution in [2.75, 3.05) is 17.1 Å². The molecule has 0 amide bonds. The van der Waals surface area contributed by atoms with E-state index in [1.165, 1.54) is 37.4 Å². The van der Waals surface area contributed by atoms with Gasteiger partial charge in [0.15, 0.2) is 5.82 Å². The van der Waals surface area contributed by atoms with Crippen molar-refractivity contribution in [2.24, 2.45) is 0 Å². The second-order valence-electron chi connectivity index (χ2n) is 4.31. The molecule has 0 aliphatic rings. The fourth-order valence-corrected chi connectivity index (χ4v) is 3.66. The average molecular weight is 375 g/mol. The highest BCUT2D eigenvalue weighted by Crippen LogP contribution is 2.30. The van der Waals surface area contributed by atoms with Gasteiger partial charge in [0.25, 0.3) is 10.0 Å². The standard InChI is InChI=1S/C13H12BrFN2O3S/c1-17(9-3-2-4-10(18)7-9)21(19,20)12-6-8(16)5-11(14)13(12)15/h2-7,18H,16H2,1H3. The van der Waals surface area contributed by atoms with E-state index in [0.29, 0.717) is 0 Å². The van der Waals surface area contributed by atoms with E-state index in [1.807, 2.05) is 0 Å². The van der Waals surface area contributed by atoms with Gasteiger partial charge in [0.1, 0.15) is 10.6 Å². The number of nitrogen functional groups attached to an aromatic ring is 1. The number of aromatic hydroxyl groups is 1. The van der Waals surface area contributed by atoms with E-state index in [4.69, 9.17) is 5.73 Å². The van der Waals surface area contributed by atoms with Gasteiger partial charge in [-0.1, -0.05) is 6.07 Å². The van der Waals surface area contributed by atoms with Gasteiger partial charge < -0.3 is 10.8 Å². The SMILES string of the molecule is CN(c1cccc(O)c1)S(=O)(=O)c1cc(N)cc(Br)c1F. The summed E-state index contributed by atoms with van der Waals surface area (Å²) in [7, 11) is -2.88. The molecule has 0 unspecified atom stereocenters. The van der Waals surface area contributed by atoms with Crippen molar-refractivity contribution in [1.82, 2.24) is 0 Å². The maximum Gasteiger partial charge on any atom is 0.267 e. The number of anilines is 2. The van der Waals surface area contributed by atoms with Crippen LogP contribution in [0.3, 0.4) is 0 Å². The van der Waals surface area contributed by atoms with Crippen molar-refractivity contribution in [1.29, 1.82) is 0 Å². The molecule has 3 N–H and O–H groups in total. The normalized spacial score (nSPS) is 11.4. The van der Waals surface area contributed by atoms with Crippen molar-refractivity contribution in [3.05, 3.63) is 46.7 Å². The van der Waals surface area contributed by atoms with Crippen LogP contribution in [0.25, 0.3) is 0 Å². The molecule has 2 aromatic carbocycles. The van der Waals surface area contributed by atoms with Crippen molar-refractivity contribution in [3.8, 4) is 5.75 Å². The molecule has 0 aliphatic carbocycles. The Balaban J connectivity index is 2.57. The summed E-state index contributed by atoms with van der Waals surface area (Å²) in [5, 5.41) is 9.42. The summed E-state index contributed by atoms with van der Waals surface area (Å²) in [6.45, 7) is 0. The van der Waals surface area contributed by atoms with E-state index in [0.717, 1.165) is 10.4 Å². The fourth-order valence-electron chi connectivity index (χ4n) is 1.75. The Bertz CT molecular complexity index is 796. The van der Waals surface area contributed by atoms with Crippen LogP contribution < -0.4 is 10.0 Å². The highest BCUT2D eigenvalue weighted by molar-refractivity contribution is 9.10. The van der Waals surface area contributed by atoms with Crippen molar-refractivity contribution >= 4 is 37.3 Å². The largest absolute Gasteiger partial charge is 0.508 e. The number of halogens is 2. The first kappa shape index (κ1) is 15.6. The molecule has 0 aromatic heterocycles. The number of nitrogens with two attached hydrogens (primary N) is 1. The minimum absolute atomic E-state index is 0.0367. The van der Waals surface area contributed by atoms with E-state index in [-0.39, 0.29) is 21.6 Å². The summed E-state index contributed by atoms with van der Waals surface area (Å²) in [5.74, 6) is -1.01. The molecule has 0 aliphatic heterocycles. The summed E-state index contributed by atoms with van der Waals surface area (Å²) in [4.78, 5) is -0.541. The second-order valence-corrected chi connectivity index (χ2v) is 7.10. The molecule has 2 rings (SSSR count). The zero-order chi connectivity index (χ0) is 15.8. The third-order valence-electron chi connectivity index (χ3n) is 2.85. The first-order valence-electron chi connectivity index (χ1n) is 5.76. The molecule has 8 heteroatoms. The van der Waals surface area contributed by atoms with Crippen LogP contribution in [0.4, 0.5) is 15.8 Å². The molecule has 0 saturated heterocycles. The predicted octanol–water partition coefficient (Wildman–Crippen LogP) is 2.70. The number of hydrogen-bond donors (Lipinski definition) is 2. The third kappa shape index (κ3) is 2.96. The van der Waals surface area contributed by atoms with Gasteiger partial charge in [0.05, 0.1) is 10.2 Å². The number of hydrogen-bond acceptors (Lipinski definition) is 4. The van der Waals surface area contributed by atoms with Crippen molar-refractivity contribution in [3.63, 3.8) is 0 Å². The summed E-state index contributed by atoms with van der Waals surface area (Å²) < 4.78 is 39.9. The number of nitrogens with zero attached hydrogens (tertiary/aromatic N) is 1. The van der Waals surface area contributed by atoms with Crippen LogP contribution in [-0.2, 0) is 10.0 Å². The van der Waals surface area contributed by atoms with Gasteiger partial charge >= 0.3 is 0 Å². The Labute approximate surface area is 130 Å². The van der Waals surface area contributed by atoms with Crippen LogP contribution in [0.1, 0.15) is 0 Å². The Morgan fingerprint density at radius 2 is 1.95 bits per heavy atom. The number of sulfonamides is 1. The number of phenolic OH excluding ortho intramolecular Hbond substituents is 1. The van der Waals surface area contributed by atoms with Gasteiger partial charge in [-0.25, -0.2) is 12.8 Å². The molecule has 0 fully saturated rings. The second kappa shape index (κ2) is 5.53. The first-order chi connectivity index (χ1) is 9.73. The molecule has 112 valence electrons. The molecule has 2 aromatic rings. The summed E-state index contributed by atoms with van der Waals surface area (Å²) in [5.41, 5.74) is 5.89. The van der Waals surface area contributed by atoms with Gasteiger partial charge in [-0.15, -0.1) is 0 Å². The predicted molar refractivity (Wildman–Crippen MR) is 82.2 cm³/mol. The minimum atomic E-state index is -4.15. The van der Waals surface area contributed by atoms with Crippen LogP contribution in [-0.4, -0.2) is 20.6 Å². The lowest BCUT2D eigenvalue weighted by Crippen LogP contribution is -2.27. The van der Waals surface area contributed by atoms with Gasteiger partial charge in [0, 0.05) is 18.8 Å². The fraction of sp³-hybridized carbons (Fsp3) is 0.0769. The molecular weight excluding hydrogens is 363 g/mol. The van der Waals surface area contributed by atoms with Gasteiger partial charge in [0.2, 0.25) is 0 Å². The Kier molecular flexibility index (Phi) is 4.11. The zero-order valence-electron chi connectivity index (χ0n) is 10.9. The van der Waals surface area contributed by atoms with Gasteiger partial charge in [-0.2, -0.15) is 0 Å². The summed E-state index contributed by atoms with van der Waals surface area (Å²) in [6.07, 6.45) is 0. The van der Waals surface area contributed by atoms with Crippen LogP contribution in [0.15, 0.2) is 45.8 Å². The topological polar surface area (TPSA) is 83.6 Å². The van der Waals surface area contributed by atoms with E-state index >= 15 is 0 Å². The molecule has 0 spiro atoms. The van der Waals surface area contributed by atoms with E-state index in [1.54, 1.807) is 0 Å².